The standard InChI is InChI=1S/C17H24ClNO/c18-15-5-3-13(4-6-15)11-16(19)14-7-10-20-17(12-14)8-1-2-9-17/h3-6,14,16H,1-2,7-12,19H2. The van der Waals surface area contributed by atoms with Gasteiger partial charge >= 0.3 is 0 Å². The number of nitrogens with two attached hydrogens (primary N) is 1. The summed E-state index contributed by atoms with van der Waals surface area (Å²) in [5, 5.41) is 0.790. The average molecular weight is 294 g/mol. The number of halogens is 1. The minimum absolute atomic E-state index is 0.167. The van der Waals surface area contributed by atoms with Gasteiger partial charge in [0.25, 0.3) is 0 Å². The Kier molecular flexibility index (Phi) is 4.34. The zero-order valence-electron chi connectivity index (χ0n) is 12.0. The molecule has 1 saturated heterocycles. The maximum atomic E-state index is 6.48. The van der Waals surface area contributed by atoms with E-state index < -0.39 is 0 Å². The SMILES string of the molecule is NC(Cc1ccc(Cl)cc1)C1CCOC2(CCCC2)C1. The molecule has 20 heavy (non-hydrogen) atoms. The van der Waals surface area contributed by atoms with Gasteiger partial charge in [-0.25, -0.2) is 0 Å². The topological polar surface area (TPSA) is 35.2 Å². The lowest BCUT2D eigenvalue weighted by atomic mass is 9.79. The van der Waals surface area contributed by atoms with Gasteiger partial charge in [-0.05, 0) is 55.7 Å². The molecule has 1 aliphatic carbocycles. The number of rotatable bonds is 3. The van der Waals surface area contributed by atoms with Gasteiger partial charge in [-0.15, -0.1) is 0 Å². The van der Waals surface area contributed by atoms with E-state index in [1.807, 2.05) is 12.1 Å². The molecule has 1 aromatic rings. The van der Waals surface area contributed by atoms with Crippen molar-refractivity contribution in [1.82, 2.24) is 0 Å². The highest BCUT2D eigenvalue weighted by Gasteiger charge is 2.41. The van der Waals surface area contributed by atoms with E-state index in [-0.39, 0.29) is 11.6 Å². The Labute approximate surface area is 126 Å². The second-order valence-electron chi connectivity index (χ2n) is 6.49. The summed E-state index contributed by atoms with van der Waals surface area (Å²) in [4.78, 5) is 0. The van der Waals surface area contributed by atoms with Crippen LogP contribution in [0.5, 0.6) is 0 Å². The molecule has 0 radical (unpaired) electrons. The molecule has 2 unspecified atom stereocenters. The number of hydrogen-bond donors (Lipinski definition) is 1. The third-order valence-corrected chi connectivity index (χ3v) is 5.29. The van der Waals surface area contributed by atoms with Gasteiger partial charge < -0.3 is 10.5 Å². The molecular weight excluding hydrogens is 270 g/mol. The predicted molar refractivity (Wildman–Crippen MR) is 83.0 cm³/mol. The molecule has 2 atom stereocenters. The molecule has 0 aromatic heterocycles. The van der Waals surface area contributed by atoms with Gasteiger partial charge in [0.05, 0.1) is 5.60 Å². The first kappa shape index (κ1) is 14.4. The molecule has 1 saturated carbocycles. The van der Waals surface area contributed by atoms with Crippen LogP contribution in [-0.4, -0.2) is 18.2 Å². The maximum Gasteiger partial charge on any atom is 0.0685 e. The van der Waals surface area contributed by atoms with Crippen molar-refractivity contribution in [2.45, 2.75) is 56.6 Å². The minimum Gasteiger partial charge on any atom is -0.375 e. The van der Waals surface area contributed by atoms with Gasteiger partial charge in [0.15, 0.2) is 0 Å². The van der Waals surface area contributed by atoms with Gasteiger partial charge in [0, 0.05) is 17.7 Å². The molecule has 110 valence electrons. The van der Waals surface area contributed by atoms with Crippen LogP contribution in [0, 0.1) is 5.92 Å². The van der Waals surface area contributed by atoms with E-state index in [1.165, 1.54) is 31.2 Å². The summed E-state index contributed by atoms with van der Waals surface area (Å²) in [6.45, 7) is 0.888. The van der Waals surface area contributed by atoms with Crippen LogP contribution < -0.4 is 5.73 Å². The second-order valence-corrected chi connectivity index (χ2v) is 6.92. The van der Waals surface area contributed by atoms with Gasteiger partial charge in [-0.2, -0.15) is 0 Å². The van der Waals surface area contributed by atoms with Crippen molar-refractivity contribution in [2.75, 3.05) is 6.61 Å². The molecular formula is C17H24ClNO. The van der Waals surface area contributed by atoms with Crippen LogP contribution in [0.4, 0.5) is 0 Å². The summed E-state index contributed by atoms with van der Waals surface area (Å²) in [5.74, 6) is 0.595. The van der Waals surface area contributed by atoms with Gasteiger partial charge in [0.1, 0.15) is 0 Å². The van der Waals surface area contributed by atoms with Gasteiger partial charge in [-0.3, -0.25) is 0 Å². The molecule has 1 aromatic carbocycles. The largest absolute Gasteiger partial charge is 0.375 e. The van der Waals surface area contributed by atoms with Crippen molar-refractivity contribution >= 4 is 11.6 Å². The van der Waals surface area contributed by atoms with Crippen molar-refractivity contribution in [2.24, 2.45) is 11.7 Å². The van der Waals surface area contributed by atoms with Crippen LogP contribution in [0.3, 0.4) is 0 Å². The third-order valence-electron chi connectivity index (χ3n) is 5.04. The molecule has 2 aliphatic rings. The fraction of sp³-hybridized carbons (Fsp3) is 0.647. The fourth-order valence-electron chi connectivity index (χ4n) is 3.86. The number of hydrogen-bond acceptors (Lipinski definition) is 2. The van der Waals surface area contributed by atoms with E-state index >= 15 is 0 Å². The normalized spacial score (nSPS) is 26.8. The van der Waals surface area contributed by atoms with Crippen molar-refractivity contribution in [3.8, 4) is 0 Å². The number of benzene rings is 1. The van der Waals surface area contributed by atoms with Crippen LogP contribution in [0.1, 0.15) is 44.1 Å². The van der Waals surface area contributed by atoms with Crippen LogP contribution in [0.15, 0.2) is 24.3 Å². The Hall–Kier alpha value is -0.570. The van der Waals surface area contributed by atoms with Crippen LogP contribution in [0.25, 0.3) is 0 Å². The first-order valence-electron chi connectivity index (χ1n) is 7.81. The van der Waals surface area contributed by atoms with E-state index in [1.54, 1.807) is 0 Å². The van der Waals surface area contributed by atoms with Gasteiger partial charge in [0.2, 0.25) is 0 Å². The summed E-state index contributed by atoms with van der Waals surface area (Å²) in [6.07, 6.45) is 8.31. The fourth-order valence-corrected chi connectivity index (χ4v) is 3.98. The summed E-state index contributed by atoms with van der Waals surface area (Å²) in [5.41, 5.74) is 7.93. The van der Waals surface area contributed by atoms with E-state index in [0.29, 0.717) is 5.92 Å². The molecule has 2 fully saturated rings. The predicted octanol–water partition coefficient (Wildman–Crippen LogP) is 3.95. The molecule has 2 N–H and O–H groups in total. The van der Waals surface area contributed by atoms with Crippen molar-refractivity contribution < 1.29 is 4.74 Å². The van der Waals surface area contributed by atoms with E-state index in [4.69, 9.17) is 22.1 Å². The highest BCUT2D eigenvalue weighted by atomic mass is 35.5. The zero-order chi connectivity index (χ0) is 14.0. The molecule has 0 amide bonds. The van der Waals surface area contributed by atoms with Crippen LogP contribution >= 0.6 is 11.6 Å². The Morgan fingerprint density at radius 3 is 2.65 bits per heavy atom. The van der Waals surface area contributed by atoms with E-state index in [9.17, 15) is 0 Å². The summed E-state index contributed by atoms with van der Waals surface area (Å²) in [6, 6.07) is 8.32. The molecule has 1 heterocycles. The molecule has 0 bridgehead atoms. The quantitative estimate of drug-likeness (QED) is 0.916. The molecule has 1 aliphatic heterocycles. The Bertz CT molecular complexity index is 439. The maximum absolute atomic E-state index is 6.48. The molecule has 2 nitrogen and oxygen atoms in total. The van der Waals surface area contributed by atoms with Crippen LogP contribution in [-0.2, 0) is 11.2 Å². The monoisotopic (exact) mass is 293 g/mol. The second kappa shape index (κ2) is 6.05. The van der Waals surface area contributed by atoms with Crippen molar-refractivity contribution in [1.29, 1.82) is 0 Å². The lowest BCUT2D eigenvalue weighted by Gasteiger charge is -2.40. The highest BCUT2D eigenvalue weighted by Crippen LogP contribution is 2.42. The number of ether oxygens (including phenoxy) is 1. The molecule has 3 rings (SSSR count). The third kappa shape index (κ3) is 3.19. The zero-order valence-corrected chi connectivity index (χ0v) is 12.7. The lowest BCUT2D eigenvalue weighted by Crippen LogP contribution is -2.44. The smallest absolute Gasteiger partial charge is 0.0685 e. The van der Waals surface area contributed by atoms with E-state index in [2.05, 4.69) is 12.1 Å². The van der Waals surface area contributed by atoms with Crippen LogP contribution in [0.2, 0.25) is 5.02 Å². The van der Waals surface area contributed by atoms with Crippen molar-refractivity contribution in [3.63, 3.8) is 0 Å². The minimum atomic E-state index is 0.167. The average Bonchev–Trinajstić information content (AvgIpc) is 2.89. The van der Waals surface area contributed by atoms with E-state index in [0.717, 1.165) is 30.9 Å². The molecule has 3 heteroatoms. The first-order valence-corrected chi connectivity index (χ1v) is 8.19. The Morgan fingerprint density at radius 1 is 1.25 bits per heavy atom. The first-order chi connectivity index (χ1) is 9.67. The summed E-state index contributed by atoms with van der Waals surface area (Å²) >= 11 is 5.93. The van der Waals surface area contributed by atoms with Crippen molar-refractivity contribution in [3.05, 3.63) is 34.9 Å². The highest BCUT2D eigenvalue weighted by molar-refractivity contribution is 6.30. The Morgan fingerprint density at radius 2 is 1.95 bits per heavy atom. The van der Waals surface area contributed by atoms with Gasteiger partial charge in [-0.1, -0.05) is 36.6 Å². The lowest BCUT2D eigenvalue weighted by molar-refractivity contribution is -0.0960. The Balaban J connectivity index is 1.61. The summed E-state index contributed by atoms with van der Waals surface area (Å²) < 4.78 is 6.10. The summed E-state index contributed by atoms with van der Waals surface area (Å²) in [7, 11) is 0. The molecule has 1 spiro atoms.